The summed E-state index contributed by atoms with van der Waals surface area (Å²) in [4.78, 5) is 45.2. The third kappa shape index (κ3) is 5.05. The lowest BCUT2D eigenvalue weighted by Crippen LogP contribution is -2.21. The Kier molecular flexibility index (Phi) is 6.41. The Morgan fingerprint density at radius 1 is 1.08 bits per heavy atom. The van der Waals surface area contributed by atoms with E-state index < -0.39 is 6.09 Å². The standard InChI is InChI=1S/C26H22N8O3/c1-3-37-26(36)33-25-31-20-13-18(12-19(22(20)32-25)23-27-10-7-11-28-23)34-14-21(29-15-34)24(35)30-16(2)17-8-5-4-6-9-17/h4-15H,2-3H2,1H3,(H,30,35)(H2,31,32,33,36). The summed E-state index contributed by atoms with van der Waals surface area (Å²) in [6.45, 7) is 5.88. The van der Waals surface area contributed by atoms with Crippen molar-refractivity contribution in [1.29, 1.82) is 0 Å². The molecule has 37 heavy (non-hydrogen) atoms. The summed E-state index contributed by atoms with van der Waals surface area (Å²) in [5.74, 6) is 0.274. The second-order valence-electron chi connectivity index (χ2n) is 7.86. The smallest absolute Gasteiger partial charge is 0.413 e. The highest BCUT2D eigenvalue weighted by Gasteiger charge is 2.17. The first-order valence-corrected chi connectivity index (χ1v) is 11.4. The monoisotopic (exact) mass is 494 g/mol. The van der Waals surface area contributed by atoms with Crippen LogP contribution in [0.5, 0.6) is 0 Å². The number of anilines is 1. The quantitative estimate of drug-likeness (QED) is 0.308. The lowest BCUT2D eigenvalue weighted by Gasteiger charge is -2.07. The molecule has 0 saturated carbocycles. The average molecular weight is 495 g/mol. The minimum atomic E-state index is -0.623. The van der Waals surface area contributed by atoms with Crippen LogP contribution < -0.4 is 10.6 Å². The van der Waals surface area contributed by atoms with Crippen LogP contribution >= 0.6 is 0 Å². The van der Waals surface area contributed by atoms with Crippen molar-refractivity contribution in [3.8, 4) is 17.1 Å². The predicted molar refractivity (Wildman–Crippen MR) is 138 cm³/mol. The molecule has 5 rings (SSSR count). The van der Waals surface area contributed by atoms with E-state index in [9.17, 15) is 9.59 Å². The lowest BCUT2D eigenvalue weighted by atomic mass is 10.1. The van der Waals surface area contributed by atoms with Gasteiger partial charge in [-0.2, -0.15) is 0 Å². The van der Waals surface area contributed by atoms with Gasteiger partial charge in [-0.25, -0.2) is 24.7 Å². The second kappa shape index (κ2) is 10.1. The van der Waals surface area contributed by atoms with Gasteiger partial charge in [0.25, 0.3) is 5.91 Å². The lowest BCUT2D eigenvalue weighted by molar-refractivity contribution is 0.0969. The number of carbonyl (C=O) groups is 2. The number of imidazole rings is 2. The predicted octanol–water partition coefficient (Wildman–Crippen LogP) is 4.17. The van der Waals surface area contributed by atoms with E-state index in [0.717, 1.165) is 5.56 Å². The number of aromatic amines is 1. The van der Waals surface area contributed by atoms with E-state index in [-0.39, 0.29) is 24.2 Å². The molecule has 0 unspecified atom stereocenters. The highest BCUT2D eigenvalue weighted by Crippen LogP contribution is 2.29. The van der Waals surface area contributed by atoms with Crippen LogP contribution in [0.3, 0.4) is 0 Å². The normalized spacial score (nSPS) is 10.7. The maximum atomic E-state index is 12.8. The molecule has 3 aromatic heterocycles. The number of hydrogen-bond acceptors (Lipinski definition) is 7. The summed E-state index contributed by atoms with van der Waals surface area (Å²) in [5.41, 5.74) is 3.96. The van der Waals surface area contributed by atoms with E-state index in [1.807, 2.05) is 42.5 Å². The van der Waals surface area contributed by atoms with Crippen molar-refractivity contribution in [3.05, 3.63) is 91.3 Å². The molecule has 0 aliphatic rings. The van der Waals surface area contributed by atoms with Crippen molar-refractivity contribution in [1.82, 2.24) is 34.8 Å². The largest absolute Gasteiger partial charge is 0.450 e. The van der Waals surface area contributed by atoms with Crippen LogP contribution in [0.25, 0.3) is 33.8 Å². The molecule has 5 aromatic rings. The van der Waals surface area contributed by atoms with Gasteiger partial charge in [-0.3, -0.25) is 10.1 Å². The van der Waals surface area contributed by atoms with Gasteiger partial charge in [0.2, 0.25) is 5.95 Å². The number of benzene rings is 2. The molecule has 3 heterocycles. The molecule has 0 bridgehead atoms. The summed E-state index contributed by atoms with van der Waals surface area (Å²) >= 11 is 0. The Morgan fingerprint density at radius 2 is 1.86 bits per heavy atom. The fraction of sp³-hybridized carbons (Fsp3) is 0.0769. The molecule has 2 aromatic carbocycles. The molecular weight excluding hydrogens is 472 g/mol. The minimum absolute atomic E-state index is 0.212. The molecule has 0 fully saturated rings. The number of nitrogens with zero attached hydrogens (tertiary/aromatic N) is 5. The zero-order chi connectivity index (χ0) is 25.8. The summed E-state index contributed by atoms with van der Waals surface area (Å²) in [6, 6.07) is 14.7. The Labute approximate surface area is 211 Å². The van der Waals surface area contributed by atoms with Crippen molar-refractivity contribution in [3.63, 3.8) is 0 Å². The fourth-order valence-corrected chi connectivity index (χ4v) is 3.68. The van der Waals surface area contributed by atoms with Gasteiger partial charge < -0.3 is 19.6 Å². The number of hydrogen-bond donors (Lipinski definition) is 3. The van der Waals surface area contributed by atoms with Gasteiger partial charge in [-0.05, 0) is 30.7 Å². The second-order valence-corrected chi connectivity index (χ2v) is 7.86. The van der Waals surface area contributed by atoms with Crippen molar-refractivity contribution >= 4 is 34.7 Å². The highest BCUT2D eigenvalue weighted by molar-refractivity contribution is 5.98. The van der Waals surface area contributed by atoms with Crippen LogP contribution in [0.15, 0.2) is 80.0 Å². The molecule has 0 saturated heterocycles. The minimum Gasteiger partial charge on any atom is -0.450 e. The van der Waals surface area contributed by atoms with Crippen LogP contribution in [0.1, 0.15) is 23.0 Å². The fourth-order valence-electron chi connectivity index (χ4n) is 3.68. The molecular formula is C26H22N8O3. The molecule has 0 aliphatic carbocycles. The van der Waals surface area contributed by atoms with Crippen molar-refractivity contribution in [2.24, 2.45) is 0 Å². The molecule has 184 valence electrons. The van der Waals surface area contributed by atoms with E-state index in [4.69, 9.17) is 4.74 Å². The Balaban J connectivity index is 1.48. The molecule has 0 atom stereocenters. The number of aromatic nitrogens is 6. The van der Waals surface area contributed by atoms with Gasteiger partial charge in [0.1, 0.15) is 17.5 Å². The third-order valence-corrected chi connectivity index (χ3v) is 5.37. The topological polar surface area (TPSA) is 140 Å². The van der Waals surface area contributed by atoms with Crippen LogP contribution in [0.2, 0.25) is 0 Å². The molecule has 2 amide bonds. The number of nitrogens with one attached hydrogen (secondary N) is 3. The van der Waals surface area contributed by atoms with Crippen molar-refractivity contribution in [2.75, 3.05) is 11.9 Å². The van der Waals surface area contributed by atoms with Gasteiger partial charge in [-0.1, -0.05) is 36.9 Å². The zero-order valence-electron chi connectivity index (χ0n) is 19.8. The van der Waals surface area contributed by atoms with Crippen molar-refractivity contribution in [2.45, 2.75) is 6.92 Å². The first-order valence-electron chi connectivity index (χ1n) is 11.4. The molecule has 3 N–H and O–H groups in total. The molecule has 11 heteroatoms. The number of amides is 2. The Hall–Kier alpha value is -5.32. The van der Waals surface area contributed by atoms with Gasteiger partial charge in [0.15, 0.2) is 5.82 Å². The SMILES string of the molecule is C=C(NC(=O)c1cn(-c2cc(-c3ncccn3)c3nc(NC(=O)OCC)[nH]c3c2)cn1)c1ccccc1. The van der Waals surface area contributed by atoms with Crippen molar-refractivity contribution < 1.29 is 14.3 Å². The van der Waals surface area contributed by atoms with Crippen LogP contribution in [-0.4, -0.2) is 48.1 Å². The molecule has 11 nitrogen and oxygen atoms in total. The number of fused-ring (bicyclic) bond motifs is 1. The third-order valence-electron chi connectivity index (χ3n) is 5.37. The van der Waals surface area contributed by atoms with Crippen LogP contribution in [-0.2, 0) is 4.74 Å². The van der Waals surface area contributed by atoms with Gasteiger partial charge in [0, 0.05) is 35.5 Å². The molecule has 0 spiro atoms. The summed E-state index contributed by atoms with van der Waals surface area (Å²) in [7, 11) is 0. The van der Waals surface area contributed by atoms with E-state index in [1.54, 1.807) is 36.1 Å². The van der Waals surface area contributed by atoms with Crippen LogP contribution in [0.4, 0.5) is 10.7 Å². The average Bonchev–Trinajstić information content (AvgIpc) is 3.56. The zero-order valence-corrected chi connectivity index (χ0v) is 19.8. The Morgan fingerprint density at radius 3 is 2.62 bits per heavy atom. The first-order chi connectivity index (χ1) is 18.0. The van der Waals surface area contributed by atoms with Crippen LogP contribution in [0, 0.1) is 0 Å². The van der Waals surface area contributed by atoms with Gasteiger partial charge in [0.05, 0.1) is 12.1 Å². The highest BCUT2D eigenvalue weighted by atomic mass is 16.5. The first kappa shape index (κ1) is 23.4. The van der Waals surface area contributed by atoms with Gasteiger partial charge in [-0.15, -0.1) is 0 Å². The number of rotatable bonds is 7. The summed E-state index contributed by atoms with van der Waals surface area (Å²) < 4.78 is 6.64. The summed E-state index contributed by atoms with van der Waals surface area (Å²) in [5, 5.41) is 5.35. The van der Waals surface area contributed by atoms with E-state index in [0.29, 0.717) is 33.8 Å². The van der Waals surface area contributed by atoms with E-state index in [2.05, 4.69) is 42.1 Å². The Bertz CT molecular complexity index is 1590. The van der Waals surface area contributed by atoms with E-state index in [1.165, 1.54) is 6.33 Å². The maximum absolute atomic E-state index is 12.8. The number of carbonyl (C=O) groups excluding carboxylic acids is 2. The number of H-pyrrole nitrogens is 1. The number of ether oxygens (including phenoxy) is 1. The molecule has 0 aliphatic heterocycles. The van der Waals surface area contributed by atoms with Gasteiger partial charge >= 0.3 is 6.09 Å². The maximum Gasteiger partial charge on any atom is 0.413 e. The van der Waals surface area contributed by atoms with E-state index >= 15 is 0 Å². The molecule has 0 radical (unpaired) electrons. The summed E-state index contributed by atoms with van der Waals surface area (Å²) in [6.07, 6.45) is 5.78.